The standard InChI is InChI=1S/C14H20FNO/c15-14(7-10-17-11-8-14)13-6-2-1-4-12(13)5-3-9-16/h1-2,4,6H,3,5,7-11,16H2. The molecule has 1 heterocycles. The summed E-state index contributed by atoms with van der Waals surface area (Å²) in [6, 6.07) is 7.81. The van der Waals surface area contributed by atoms with Crippen molar-refractivity contribution in [3.8, 4) is 0 Å². The van der Waals surface area contributed by atoms with Crippen LogP contribution in [-0.2, 0) is 16.8 Å². The summed E-state index contributed by atoms with van der Waals surface area (Å²) in [6.45, 7) is 1.68. The van der Waals surface area contributed by atoms with Crippen molar-refractivity contribution in [2.24, 2.45) is 5.73 Å². The predicted octanol–water partition coefficient (Wildman–Crippen LogP) is 2.55. The Morgan fingerprint density at radius 2 is 1.94 bits per heavy atom. The first-order valence-electron chi connectivity index (χ1n) is 6.31. The minimum absolute atomic E-state index is 0.465. The summed E-state index contributed by atoms with van der Waals surface area (Å²) in [7, 11) is 0. The molecule has 2 N–H and O–H groups in total. The van der Waals surface area contributed by atoms with Crippen molar-refractivity contribution >= 4 is 0 Å². The third-order valence-corrected chi connectivity index (χ3v) is 3.44. The first-order chi connectivity index (χ1) is 8.26. The molecule has 0 aliphatic carbocycles. The van der Waals surface area contributed by atoms with Gasteiger partial charge in [0.1, 0.15) is 5.67 Å². The fraction of sp³-hybridized carbons (Fsp3) is 0.571. The van der Waals surface area contributed by atoms with Crippen molar-refractivity contribution < 1.29 is 9.13 Å². The Morgan fingerprint density at radius 1 is 1.24 bits per heavy atom. The van der Waals surface area contributed by atoms with E-state index in [-0.39, 0.29) is 0 Å². The van der Waals surface area contributed by atoms with Crippen LogP contribution in [0.2, 0.25) is 0 Å². The van der Waals surface area contributed by atoms with Crippen molar-refractivity contribution in [2.75, 3.05) is 19.8 Å². The van der Waals surface area contributed by atoms with E-state index in [2.05, 4.69) is 0 Å². The summed E-state index contributed by atoms with van der Waals surface area (Å²) in [5.74, 6) is 0. The van der Waals surface area contributed by atoms with Crippen molar-refractivity contribution in [2.45, 2.75) is 31.4 Å². The van der Waals surface area contributed by atoms with Crippen LogP contribution in [-0.4, -0.2) is 19.8 Å². The molecule has 94 valence electrons. The highest BCUT2D eigenvalue weighted by molar-refractivity contribution is 5.33. The Balaban J connectivity index is 2.23. The van der Waals surface area contributed by atoms with E-state index in [1.54, 1.807) is 0 Å². The molecular formula is C14H20FNO. The van der Waals surface area contributed by atoms with E-state index >= 15 is 0 Å². The number of hydrogen-bond acceptors (Lipinski definition) is 2. The minimum atomic E-state index is -1.20. The molecule has 0 aromatic heterocycles. The van der Waals surface area contributed by atoms with Gasteiger partial charge >= 0.3 is 0 Å². The van der Waals surface area contributed by atoms with Gasteiger partial charge < -0.3 is 10.5 Å². The van der Waals surface area contributed by atoms with Gasteiger partial charge in [-0.1, -0.05) is 24.3 Å². The molecule has 1 fully saturated rings. The molecule has 2 rings (SSSR count). The van der Waals surface area contributed by atoms with Crippen LogP contribution in [0.15, 0.2) is 24.3 Å². The van der Waals surface area contributed by atoms with Gasteiger partial charge in [0, 0.05) is 26.1 Å². The Bertz CT molecular complexity index is 361. The second kappa shape index (κ2) is 5.61. The Labute approximate surface area is 102 Å². The summed E-state index contributed by atoms with van der Waals surface area (Å²) >= 11 is 0. The molecule has 0 unspecified atom stereocenters. The summed E-state index contributed by atoms with van der Waals surface area (Å²) in [5, 5.41) is 0. The third-order valence-electron chi connectivity index (χ3n) is 3.44. The molecule has 0 bridgehead atoms. The van der Waals surface area contributed by atoms with Crippen molar-refractivity contribution in [3.63, 3.8) is 0 Å². The van der Waals surface area contributed by atoms with Crippen LogP contribution in [0.25, 0.3) is 0 Å². The van der Waals surface area contributed by atoms with Crippen molar-refractivity contribution in [1.29, 1.82) is 0 Å². The van der Waals surface area contributed by atoms with Crippen LogP contribution in [0.3, 0.4) is 0 Å². The average Bonchev–Trinajstić information content (AvgIpc) is 2.37. The molecule has 0 atom stereocenters. The van der Waals surface area contributed by atoms with Gasteiger partial charge in [-0.25, -0.2) is 4.39 Å². The lowest BCUT2D eigenvalue weighted by atomic mass is 9.84. The number of benzene rings is 1. The number of halogens is 1. The monoisotopic (exact) mass is 237 g/mol. The van der Waals surface area contributed by atoms with E-state index in [0.717, 1.165) is 24.0 Å². The molecule has 0 saturated carbocycles. The molecule has 1 aliphatic heterocycles. The lowest BCUT2D eigenvalue weighted by Crippen LogP contribution is -2.30. The zero-order valence-electron chi connectivity index (χ0n) is 10.1. The number of alkyl halides is 1. The fourth-order valence-electron chi connectivity index (χ4n) is 2.43. The summed E-state index contributed by atoms with van der Waals surface area (Å²) < 4.78 is 20.1. The number of aryl methyl sites for hydroxylation is 1. The van der Waals surface area contributed by atoms with E-state index in [1.165, 1.54) is 0 Å². The van der Waals surface area contributed by atoms with Gasteiger partial charge in [0.15, 0.2) is 0 Å². The second-order valence-electron chi connectivity index (χ2n) is 4.63. The maximum absolute atomic E-state index is 14.9. The topological polar surface area (TPSA) is 35.2 Å². The van der Waals surface area contributed by atoms with E-state index in [4.69, 9.17) is 10.5 Å². The maximum Gasteiger partial charge on any atom is 0.140 e. The van der Waals surface area contributed by atoms with Crippen LogP contribution in [0.5, 0.6) is 0 Å². The minimum Gasteiger partial charge on any atom is -0.381 e. The maximum atomic E-state index is 14.9. The van der Waals surface area contributed by atoms with Crippen molar-refractivity contribution in [1.82, 2.24) is 0 Å². The highest BCUT2D eigenvalue weighted by Gasteiger charge is 2.35. The average molecular weight is 237 g/mol. The molecule has 0 amide bonds. The SMILES string of the molecule is NCCCc1ccccc1C1(F)CCOCC1. The molecule has 1 aromatic rings. The first kappa shape index (κ1) is 12.5. The van der Waals surface area contributed by atoms with Crippen LogP contribution >= 0.6 is 0 Å². The fourth-order valence-corrected chi connectivity index (χ4v) is 2.43. The van der Waals surface area contributed by atoms with Gasteiger partial charge in [0.2, 0.25) is 0 Å². The molecule has 3 heteroatoms. The Hall–Kier alpha value is -0.930. The summed E-state index contributed by atoms with van der Waals surface area (Å²) in [4.78, 5) is 0. The molecule has 2 nitrogen and oxygen atoms in total. The number of nitrogens with two attached hydrogens (primary N) is 1. The molecule has 1 aromatic carbocycles. The molecule has 0 radical (unpaired) electrons. The van der Waals surface area contributed by atoms with Crippen LogP contribution in [0, 0.1) is 0 Å². The zero-order valence-corrected chi connectivity index (χ0v) is 10.1. The Kier molecular flexibility index (Phi) is 4.13. The largest absolute Gasteiger partial charge is 0.381 e. The second-order valence-corrected chi connectivity index (χ2v) is 4.63. The lowest BCUT2D eigenvalue weighted by Gasteiger charge is -2.31. The zero-order chi connectivity index (χ0) is 12.1. The van der Waals surface area contributed by atoms with Gasteiger partial charge in [-0.3, -0.25) is 0 Å². The first-order valence-corrected chi connectivity index (χ1v) is 6.31. The van der Waals surface area contributed by atoms with Gasteiger partial charge in [0.05, 0.1) is 0 Å². The lowest BCUT2D eigenvalue weighted by molar-refractivity contribution is -0.0119. The molecular weight excluding hydrogens is 217 g/mol. The summed E-state index contributed by atoms with van der Waals surface area (Å²) in [6.07, 6.45) is 2.70. The van der Waals surface area contributed by atoms with Crippen LogP contribution < -0.4 is 5.73 Å². The van der Waals surface area contributed by atoms with Gasteiger partial charge in [-0.2, -0.15) is 0 Å². The molecule has 1 aliphatic rings. The number of hydrogen-bond donors (Lipinski definition) is 1. The highest BCUT2D eigenvalue weighted by atomic mass is 19.1. The number of rotatable bonds is 4. The third kappa shape index (κ3) is 2.85. The van der Waals surface area contributed by atoms with Crippen LogP contribution in [0.1, 0.15) is 30.4 Å². The smallest absolute Gasteiger partial charge is 0.140 e. The van der Waals surface area contributed by atoms with Gasteiger partial charge in [0.25, 0.3) is 0 Å². The normalized spacial score (nSPS) is 19.2. The van der Waals surface area contributed by atoms with Gasteiger partial charge in [-0.15, -0.1) is 0 Å². The molecule has 1 saturated heterocycles. The van der Waals surface area contributed by atoms with Crippen LogP contribution in [0.4, 0.5) is 4.39 Å². The molecule has 17 heavy (non-hydrogen) atoms. The summed E-state index contributed by atoms with van der Waals surface area (Å²) in [5.41, 5.74) is 6.26. The van der Waals surface area contributed by atoms with E-state index in [1.807, 2.05) is 24.3 Å². The number of ether oxygens (including phenoxy) is 1. The predicted molar refractivity (Wildman–Crippen MR) is 66.7 cm³/mol. The van der Waals surface area contributed by atoms with E-state index in [9.17, 15) is 4.39 Å². The Morgan fingerprint density at radius 3 is 2.65 bits per heavy atom. The molecule has 0 spiro atoms. The van der Waals surface area contributed by atoms with E-state index < -0.39 is 5.67 Å². The van der Waals surface area contributed by atoms with E-state index in [0.29, 0.717) is 32.6 Å². The quantitative estimate of drug-likeness (QED) is 0.873. The van der Waals surface area contributed by atoms with Crippen molar-refractivity contribution in [3.05, 3.63) is 35.4 Å². The highest BCUT2D eigenvalue weighted by Crippen LogP contribution is 2.38. The van der Waals surface area contributed by atoms with Gasteiger partial charge in [-0.05, 0) is 30.5 Å².